The molecule has 0 heterocycles. The number of hydrogen-bond acceptors (Lipinski definition) is 2. The fraction of sp³-hybridized carbons (Fsp3) is 0.500. The van der Waals surface area contributed by atoms with Crippen molar-refractivity contribution in [1.82, 2.24) is 5.32 Å². The third kappa shape index (κ3) is 4.19. The predicted octanol–water partition coefficient (Wildman–Crippen LogP) is 2.20. The fourth-order valence-corrected chi connectivity index (χ4v) is 1.54. The van der Waals surface area contributed by atoms with E-state index in [-0.39, 0.29) is 5.91 Å². The van der Waals surface area contributed by atoms with Crippen molar-refractivity contribution in [2.45, 2.75) is 45.8 Å². The van der Waals surface area contributed by atoms with Gasteiger partial charge in [0, 0.05) is 6.54 Å². The zero-order valence-electron chi connectivity index (χ0n) is 10.7. The van der Waals surface area contributed by atoms with E-state index < -0.39 is 6.10 Å². The lowest BCUT2D eigenvalue weighted by atomic mass is 9.98. The number of nitrogens with one attached hydrogen (secondary N) is 1. The van der Waals surface area contributed by atoms with Gasteiger partial charge in [-0.15, -0.1) is 0 Å². The summed E-state index contributed by atoms with van der Waals surface area (Å²) in [6, 6.07) is 8.23. The molecular weight excluding hydrogens is 214 g/mol. The van der Waals surface area contributed by atoms with Crippen molar-refractivity contribution >= 4 is 5.91 Å². The van der Waals surface area contributed by atoms with Gasteiger partial charge in [-0.05, 0) is 30.4 Å². The first-order chi connectivity index (χ1) is 8.04. The van der Waals surface area contributed by atoms with E-state index in [1.54, 1.807) is 0 Å². The van der Waals surface area contributed by atoms with Crippen molar-refractivity contribution in [1.29, 1.82) is 0 Å². The molecular formula is C14H21NO2. The minimum absolute atomic E-state index is 0.337. The maximum atomic E-state index is 11.2. The highest BCUT2D eigenvalue weighted by Crippen LogP contribution is 2.18. The van der Waals surface area contributed by atoms with E-state index in [1.165, 1.54) is 12.5 Å². The second-order valence-corrected chi connectivity index (χ2v) is 4.44. The van der Waals surface area contributed by atoms with Crippen molar-refractivity contribution in [2.75, 3.05) is 0 Å². The van der Waals surface area contributed by atoms with Gasteiger partial charge in [-0.3, -0.25) is 4.79 Å². The Bertz CT molecular complexity index is 357. The summed E-state index contributed by atoms with van der Waals surface area (Å²) < 4.78 is 0. The molecule has 0 saturated carbocycles. The molecule has 0 aliphatic heterocycles. The molecule has 0 radical (unpaired) electrons. The van der Waals surface area contributed by atoms with Crippen LogP contribution in [0.15, 0.2) is 24.3 Å². The van der Waals surface area contributed by atoms with Gasteiger partial charge in [0.15, 0.2) is 0 Å². The maximum Gasteiger partial charge on any atom is 0.248 e. The molecule has 0 fully saturated rings. The molecule has 1 rings (SSSR count). The van der Waals surface area contributed by atoms with Crippen LogP contribution in [0.3, 0.4) is 0 Å². The molecule has 1 amide bonds. The molecule has 3 nitrogen and oxygen atoms in total. The van der Waals surface area contributed by atoms with Crippen LogP contribution in [0.4, 0.5) is 0 Å². The van der Waals surface area contributed by atoms with Crippen LogP contribution < -0.4 is 5.32 Å². The van der Waals surface area contributed by atoms with Crippen LogP contribution >= 0.6 is 0 Å². The number of carbonyl (C=O) groups is 1. The molecule has 1 aromatic rings. The van der Waals surface area contributed by atoms with Gasteiger partial charge in [0.1, 0.15) is 6.10 Å². The largest absolute Gasteiger partial charge is 0.384 e. The van der Waals surface area contributed by atoms with E-state index in [9.17, 15) is 4.79 Å². The van der Waals surface area contributed by atoms with Gasteiger partial charge in [-0.25, -0.2) is 0 Å². The highest BCUT2D eigenvalue weighted by molar-refractivity contribution is 5.79. The number of amides is 1. The van der Waals surface area contributed by atoms with Crippen molar-refractivity contribution in [3.8, 4) is 0 Å². The third-order valence-electron chi connectivity index (χ3n) is 3.01. The van der Waals surface area contributed by atoms with Crippen LogP contribution in [0.25, 0.3) is 0 Å². The highest BCUT2D eigenvalue weighted by atomic mass is 16.3. The fourth-order valence-electron chi connectivity index (χ4n) is 1.54. The minimum Gasteiger partial charge on any atom is -0.384 e. The lowest BCUT2D eigenvalue weighted by Gasteiger charge is -2.11. The number of rotatable bonds is 5. The highest BCUT2D eigenvalue weighted by Gasteiger charge is 2.07. The van der Waals surface area contributed by atoms with E-state index in [0.29, 0.717) is 12.5 Å². The van der Waals surface area contributed by atoms with E-state index in [1.807, 2.05) is 12.1 Å². The number of benzene rings is 1. The standard InChI is InChI=1S/C14H21NO2/c1-4-10(2)13-7-5-12(6-8-13)9-15-14(17)11(3)16/h5-8,10-11,16H,4,9H2,1-3H3,(H,15,17). The quantitative estimate of drug-likeness (QED) is 0.822. The summed E-state index contributed by atoms with van der Waals surface area (Å²) in [5.41, 5.74) is 2.36. The summed E-state index contributed by atoms with van der Waals surface area (Å²) in [6.07, 6.45) is 0.173. The number of hydrogen-bond donors (Lipinski definition) is 2. The van der Waals surface area contributed by atoms with Crippen LogP contribution in [0.1, 0.15) is 44.2 Å². The summed E-state index contributed by atoms with van der Waals surface area (Å²) in [7, 11) is 0. The van der Waals surface area contributed by atoms with Crippen LogP contribution in [0, 0.1) is 0 Å². The molecule has 2 N–H and O–H groups in total. The van der Waals surface area contributed by atoms with Crippen LogP contribution in [-0.4, -0.2) is 17.1 Å². The summed E-state index contributed by atoms with van der Waals surface area (Å²) in [5.74, 6) is 0.229. The zero-order valence-corrected chi connectivity index (χ0v) is 10.7. The third-order valence-corrected chi connectivity index (χ3v) is 3.01. The Labute approximate surface area is 103 Å². The smallest absolute Gasteiger partial charge is 0.248 e. The van der Waals surface area contributed by atoms with E-state index >= 15 is 0 Å². The van der Waals surface area contributed by atoms with Crippen molar-refractivity contribution in [3.63, 3.8) is 0 Å². The van der Waals surface area contributed by atoms with Gasteiger partial charge in [-0.1, -0.05) is 38.1 Å². The number of aliphatic hydroxyl groups excluding tert-OH is 1. The van der Waals surface area contributed by atoms with E-state index in [4.69, 9.17) is 5.11 Å². The molecule has 0 aliphatic rings. The first kappa shape index (κ1) is 13.7. The van der Waals surface area contributed by atoms with Gasteiger partial charge in [0.2, 0.25) is 5.91 Å². The number of aliphatic hydroxyl groups is 1. The molecule has 2 unspecified atom stereocenters. The Hall–Kier alpha value is -1.35. The summed E-state index contributed by atoms with van der Waals surface area (Å²) >= 11 is 0. The maximum absolute atomic E-state index is 11.2. The summed E-state index contributed by atoms with van der Waals surface area (Å²) in [6.45, 7) is 6.29. The molecule has 0 aromatic heterocycles. The summed E-state index contributed by atoms with van der Waals surface area (Å²) in [4.78, 5) is 11.2. The van der Waals surface area contributed by atoms with Gasteiger partial charge in [0.05, 0.1) is 0 Å². The van der Waals surface area contributed by atoms with Crippen molar-refractivity contribution in [2.24, 2.45) is 0 Å². The van der Waals surface area contributed by atoms with Crippen LogP contribution in [0.5, 0.6) is 0 Å². The average molecular weight is 235 g/mol. The van der Waals surface area contributed by atoms with Gasteiger partial charge >= 0.3 is 0 Å². The monoisotopic (exact) mass is 235 g/mol. The van der Waals surface area contributed by atoms with Gasteiger partial charge in [-0.2, -0.15) is 0 Å². The normalized spacial score (nSPS) is 14.1. The SMILES string of the molecule is CCC(C)c1ccc(CNC(=O)C(C)O)cc1. The Balaban J connectivity index is 2.54. The predicted molar refractivity (Wildman–Crippen MR) is 68.7 cm³/mol. The molecule has 0 spiro atoms. The van der Waals surface area contributed by atoms with Gasteiger partial charge < -0.3 is 10.4 Å². The lowest BCUT2D eigenvalue weighted by Crippen LogP contribution is -2.31. The van der Waals surface area contributed by atoms with Crippen molar-refractivity contribution in [3.05, 3.63) is 35.4 Å². The molecule has 17 heavy (non-hydrogen) atoms. The van der Waals surface area contributed by atoms with Crippen LogP contribution in [-0.2, 0) is 11.3 Å². The molecule has 2 atom stereocenters. The lowest BCUT2D eigenvalue weighted by molar-refractivity contribution is -0.128. The minimum atomic E-state index is -0.950. The Morgan fingerprint density at radius 2 is 1.88 bits per heavy atom. The number of carbonyl (C=O) groups excluding carboxylic acids is 1. The Morgan fingerprint density at radius 1 is 1.29 bits per heavy atom. The molecule has 3 heteroatoms. The molecule has 0 bridgehead atoms. The second kappa shape index (κ2) is 6.40. The summed E-state index contributed by atoms with van der Waals surface area (Å²) in [5, 5.41) is 11.7. The molecule has 0 saturated heterocycles. The average Bonchev–Trinajstić information content (AvgIpc) is 2.35. The first-order valence-corrected chi connectivity index (χ1v) is 6.09. The Morgan fingerprint density at radius 3 is 2.35 bits per heavy atom. The Kier molecular flexibility index (Phi) is 5.16. The van der Waals surface area contributed by atoms with Crippen molar-refractivity contribution < 1.29 is 9.90 Å². The van der Waals surface area contributed by atoms with E-state index in [0.717, 1.165) is 12.0 Å². The second-order valence-electron chi connectivity index (χ2n) is 4.44. The topological polar surface area (TPSA) is 49.3 Å². The van der Waals surface area contributed by atoms with Crippen LogP contribution in [0.2, 0.25) is 0 Å². The molecule has 94 valence electrons. The van der Waals surface area contributed by atoms with E-state index in [2.05, 4.69) is 31.3 Å². The van der Waals surface area contributed by atoms with Gasteiger partial charge in [0.25, 0.3) is 0 Å². The zero-order chi connectivity index (χ0) is 12.8. The first-order valence-electron chi connectivity index (χ1n) is 6.09. The molecule has 0 aliphatic carbocycles. The molecule has 1 aromatic carbocycles.